The van der Waals surface area contributed by atoms with Gasteiger partial charge in [-0.05, 0) is 43.3 Å². The Labute approximate surface area is 153 Å². The molecule has 9 heteroatoms. The van der Waals surface area contributed by atoms with Gasteiger partial charge in [0.1, 0.15) is 5.82 Å². The number of amides is 3. The minimum Gasteiger partial charge on any atom is -0.478 e. The molecule has 2 aromatic carbocycles. The number of halogens is 2. The van der Waals surface area contributed by atoms with E-state index in [1.54, 1.807) is 6.07 Å². The summed E-state index contributed by atoms with van der Waals surface area (Å²) in [7, 11) is 0. The number of hydrogen-bond acceptors (Lipinski definition) is 4. The van der Waals surface area contributed by atoms with Crippen LogP contribution < -0.4 is 20.9 Å². The Morgan fingerprint density at radius 2 is 1.67 bits per heavy atom. The maximum atomic E-state index is 13.5. The molecule has 0 aliphatic carbocycles. The fourth-order valence-electron chi connectivity index (χ4n) is 1.93. The van der Waals surface area contributed by atoms with Crippen LogP contribution in [0.2, 0.25) is 0 Å². The fourth-order valence-corrected chi connectivity index (χ4v) is 1.93. The van der Waals surface area contributed by atoms with Gasteiger partial charge >= 0.3 is 0 Å². The third-order valence-electron chi connectivity index (χ3n) is 3.35. The molecule has 0 fully saturated rings. The highest BCUT2D eigenvalue weighted by atomic mass is 19.1. The number of ether oxygens (including phenoxy) is 1. The van der Waals surface area contributed by atoms with Crippen LogP contribution in [-0.4, -0.2) is 30.4 Å². The van der Waals surface area contributed by atoms with Crippen molar-refractivity contribution >= 4 is 17.7 Å². The average Bonchev–Trinajstić information content (AvgIpc) is 2.66. The normalized spacial score (nSPS) is 11.2. The molecule has 7 nitrogen and oxygen atoms in total. The van der Waals surface area contributed by atoms with E-state index < -0.39 is 42.0 Å². The van der Waals surface area contributed by atoms with E-state index in [0.717, 1.165) is 12.1 Å². The standard InChI is InChI=1S/C18H17F2N3O4/c1-11(27-15-5-3-2-4-14(15)20)17(25)23-22-16(24)10-21-18(26)12-6-8-13(19)9-7-12/h2-9,11H,10H2,1H3,(H,21,26)(H,22,24)(H,23,25). The number of hydrazine groups is 1. The van der Waals surface area contributed by atoms with Gasteiger partial charge in [0, 0.05) is 5.56 Å². The second-order valence-corrected chi connectivity index (χ2v) is 5.42. The number of carbonyl (C=O) groups excluding carboxylic acids is 3. The van der Waals surface area contributed by atoms with E-state index in [4.69, 9.17) is 4.74 Å². The van der Waals surface area contributed by atoms with Crippen LogP contribution in [0.1, 0.15) is 17.3 Å². The molecule has 0 spiro atoms. The Hall–Kier alpha value is -3.49. The molecule has 0 heterocycles. The van der Waals surface area contributed by atoms with Crippen molar-refractivity contribution in [2.24, 2.45) is 0 Å². The van der Waals surface area contributed by atoms with Gasteiger partial charge in [-0.15, -0.1) is 0 Å². The van der Waals surface area contributed by atoms with E-state index in [1.807, 2.05) is 0 Å². The summed E-state index contributed by atoms with van der Waals surface area (Å²) in [5.41, 5.74) is 4.38. The SMILES string of the molecule is CC(Oc1ccccc1F)C(=O)NNC(=O)CNC(=O)c1ccc(F)cc1. The number of nitrogens with one attached hydrogen (secondary N) is 3. The zero-order valence-corrected chi connectivity index (χ0v) is 14.3. The van der Waals surface area contributed by atoms with E-state index in [-0.39, 0.29) is 11.3 Å². The number of hydrogen-bond donors (Lipinski definition) is 3. The molecule has 0 saturated carbocycles. The summed E-state index contributed by atoms with van der Waals surface area (Å²) in [6, 6.07) is 10.4. The quantitative estimate of drug-likeness (QED) is 0.662. The third-order valence-corrected chi connectivity index (χ3v) is 3.35. The third kappa shape index (κ3) is 6.07. The summed E-state index contributed by atoms with van der Waals surface area (Å²) in [5.74, 6) is -3.19. The molecule has 1 unspecified atom stereocenters. The van der Waals surface area contributed by atoms with E-state index in [9.17, 15) is 23.2 Å². The van der Waals surface area contributed by atoms with Crippen LogP contribution in [0.4, 0.5) is 8.78 Å². The molecule has 142 valence electrons. The Kier molecular flexibility index (Phi) is 6.81. The molecule has 0 aliphatic rings. The molecule has 2 rings (SSSR count). The highest BCUT2D eigenvalue weighted by Gasteiger charge is 2.17. The monoisotopic (exact) mass is 377 g/mol. The van der Waals surface area contributed by atoms with Crippen LogP contribution in [0.5, 0.6) is 5.75 Å². The topological polar surface area (TPSA) is 96.5 Å². The van der Waals surface area contributed by atoms with E-state index in [1.165, 1.54) is 37.3 Å². The summed E-state index contributed by atoms with van der Waals surface area (Å²) in [4.78, 5) is 35.3. The lowest BCUT2D eigenvalue weighted by molar-refractivity contribution is -0.132. The lowest BCUT2D eigenvalue weighted by Gasteiger charge is -2.15. The lowest BCUT2D eigenvalue weighted by atomic mass is 10.2. The first-order valence-electron chi connectivity index (χ1n) is 7.90. The predicted molar refractivity (Wildman–Crippen MR) is 91.5 cm³/mol. The summed E-state index contributed by atoms with van der Waals surface area (Å²) in [6.07, 6.45) is -1.07. The van der Waals surface area contributed by atoms with Gasteiger partial charge in [0.15, 0.2) is 17.7 Å². The van der Waals surface area contributed by atoms with E-state index >= 15 is 0 Å². The van der Waals surface area contributed by atoms with Crippen LogP contribution in [0.15, 0.2) is 48.5 Å². The van der Waals surface area contributed by atoms with Crippen molar-refractivity contribution in [3.05, 3.63) is 65.7 Å². The van der Waals surface area contributed by atoms with Crippen LogP contribution >= 0.6 is 0 Å². The van der Waals surface area contributed by atoms with Crippen LogP contribution in [0.25, 0.3) is 0 Å². The molecule has 2 aromatic rings. The number of benzene rings is 2. The van der Waals surface area contributed by atoms with Crippen LogP contribution in [-0.2, 0) is 9.59 Å². The van der Waals surface area contributed by atoms with Crippen molar-refractivity contribution in [1.29, 1.82) is 0 Å². The van der Waals surface area contributed by atoms with Gasteiger partial charge in [0.05, 0.1) is 6.54 Å². The molecule has 3 N–H and O–H groups in total. The highest BCUT2D eigenvalue weighted by molar-refractivity contribution is 5.96. The molecule has 1 atom stereocenters. The second-order valence-electron chi connectivity index (χ2n) is 5.42. The van der Waals surface area contributed by atoms with Gasteiger partial charge in [-0.2, -0.15) is 0 Å². The molecular weight excluding hydrogens is 360 g/mol. The van der Waals surface area contributed by atoms with Crippen molar-refractivity contribution in [2.45, 2.75) is 13.0 Å². The van der Waals surface area contributed by atoms with Crippen molar-refractivity contribution in [2.75, 3.05) is 6.54 Å². The van der Waals surface area contributed by atoms with Crippen molar-refractivity contribution in [3.63, 3.8) is 0 Å². The Morgan fingerprint density at radius 1 is 1.00 bits per heavy atom. The van der Waals surface area contributed by atoms with Crippen LogP contribution in [0, 0.1) is 11.6 Å². The first-order valence-corrected chi connectivity index (χ1v) is 7.90. The summed E-state index contributed by atoms with van der Waals surface area (Å²) in [6.45, 7) is 0.962. The minimum absolute atomic E-state index is 0.0990. The van der Waals surface area contributed by atoms with Crippen LogP contribution in [0.3, 0.4) is 0 Å². The van der Waals surface area contributed by atoms with Crippen molar-refractivity contribution in [1.82, 2.24) is 16.2 Å². The maximum absolute atomic E-state index is 13.5. The van der Waals surface area contributed by atoms with Crippen molar-refractivity contribution < 1.29 is 27.9 Å². The van der Waals surface area contributed by atoms with Gasteiger partial charge < -0.3 is 10.1 Å². The summed E-state index contributed by atoms with van der Waals surface area (Å²) >= 11 is 0. The van der Waals surface area contributed by atoms with E-state index in [2.05, 4.69) is 16.2 Å². The minimum atomic E-state index is -1.07. The zero-order chi connectivity index (χ0) is 19.8. The van der Waals surface area contributed by atoms with Gasteiger partial charge in [0.2, 0.25) is 0 Å². The van der Waals surface area contributed by atoms with E-state index in [0.29, 0.717) is 0 Å². The summed E-state index contributed by atoms with van der Waals surface area (Å²) in [5, 5.41) is 2.31. The van der Waals surface area contributed by atoms with Gasteiger partial charge in [0.25, 0.3) is 17.7 Å². The van der Waals surface area contributed by atoms with Gasteiger partial charge in [-0.3, -0.25) is 25.2 Å². The predicted octanol–water partition coefficient (Wildman–Crippen LogP) is 1.31. The molecule has 3 amide bonds. The number of para-hydroxylation sites is 1. The first-order chi connectivity index (χ1) is 12.9. The smallest absolute Gasteiger partial charge is 0.279 e. The van der Waals surface area contributed by atoms with Crippen molar-refractivity contribution in [3.8, 4) is 5.75 Å². The molecule has 0 bridgehead atoms. The number of rotatable bonds is 6. The second kappa shape index (κ2) is 9.27. The molecule has 0 aromatic heterocycles. The Morgan fingerprint density at radius 3 is 2.33 bits per heavy atom. The largest absolute Gasteiger partial charge is 0.478 e. The molecule has 27 heavy (non-hydrogen) atoms. The lowest BCUT2D eigenvalue weighted by Crippen LogP contribution is -2.50. The fraction of sp³-hybridized carbons (Fsp3) is 0.167. The Balaban J connectivity index is 1.74. The first kappa shape index (κ1) is 19.8. The molecule has 0 aliphatic heterocycles. The Bertz CT molecular complexity index is 828. The maximum Gasteiger partial charge on any atom is 0.279 e. The zero-order valence-electron chi connectivity index (χ0n) is 14.3. The molecule has 0 saturated heterocycles. The highest BCUT2D eigenvalue weighted by Crippen LogP contribution is 2.16. The molecular formula is C18H17F2N3O4. The summed E-state index contributed by atoms with van der Waals surface area (Å²) < 4.78 is 31.4. The molecule has 0 radical (unpaired) electrons. The average molecular weight is 377 g/mol. The van der Waals surface area contributed by atoms with Gasteiger partial charge in [-0.1, -0.05) is 12.1 Å². The number of carbonyl (C=O) groups is 3. The van der Waals surface area contributed by atoms with Gasteiger partial charge in [-0.25, -0.2) is 8.78 Å².